The molecule has 1 saturated heterocycles. The highest BCUT2D eigenvalue weighted by atomic mass is 19.1. The Morgan fingerprint density at radius 2 is 2.42 bits per heavy atom. The summed E-state index contributed by atoms with van der Waals surface area (Å²) in [6.07, 6.45) is 1.31. The normalized spacial score (nSPS) is 18.2. The molecule has 19 heavy (non-hydrogen) atoms. The Morgan fingerprint density at radius 3 is 3.11 bits per heavy atom. The van der Waals surface area contributed by atoms with Gasteiger partial charge in [0, 0.05) is 25.6 Å². The van der Waals surface area contributed by atoms with Crippen molar-refractivity contribution in [2.75, 3.05) is 18.4 Å². The van der Waals surface area contributed by atoms with Crippen LogP contribution in [0.5, 0.6) is 0 Å². The molecule has 0 bridgehead atoms. The van der Waals surface area contributed by atoms with Crippen LogP contribution in [0.3, 0.4) is 0 Å². The van der Waals surface area contributed by atoms with Crippen molar-refractivity contribution in [1.82, 2.24) is 4.90 Å². The number of halogens is 1. The number of rotatable bonds is 3. The lowest BCUT2D eigenvalue weighted by molar-refractivity contribution is -0.129. The second kappa shape index (κ2) is 5.70. The molecule has 1 atom stereocenters. The Hall–Kier alpha value is -2.09. The van der Waals surface area contributed by atoms with Crippen LogP contribution >= 0.6 is 0 Å². The molecule has 2 rings (SSSR count). The van der Waals surface area contributed by atoms with Crippen LogP contribution in [0.2, 0.25) is 0 Å². The minimum Gasteiger partial charge on any atom is -0.379 e. The number of nitrogens with one attached hydrogen (secondary N) is 1. The molecule has 1 heterocycles. The van der Waals surface area contributed by atoms with Crippen LogP contribution in [0, 0.1) is 17.1 Å². The van der Waals surface area contributed by atoms with Crippen LogP contribution in [-0.2, 0) is 4.79 Å². The largest absolute Gasteiger partial charge is 0.379 e. The summed E-state index contributed by atoms with van der Waals surface area (Å²) in [6, 6.07) is 6.47. The monoisotopic (exact) mass is 261 g/mol. The number of anilines is 1. The number of hydrogen-bond donors (Lipinski definition) is 1. The Kier molecular flexibility index (Phi) is 4.00. The highest BCUT2D eigenvalue weighted by molar-refractivity contribution is 5.76. The predicted molar refractivity (Wildman–Crippen MR) is 70.0 cm³/mol. The van der Waals surface area contributed by atoms with Crippen molar-refractivity contribution in [1.29, 1.82) is 5.26 Å². The van der Waals surface area contributed by atoms with Gasteiger partial charge in [0.2, 0.25) is 5.91 Å². The van der Waals surface area contributed by atoms with E-state index in [9.17, 15) is 9.18 Å². The Balaban J connectivity index is 2.06. The van der Waals surface area contributed by atoms with E-state index in [0.29, 0.717) is 25.2 Å². The Bertz CT molecular complexity index is 524. The maximum atomic E-state index is 13.5. The summed E-state index contributed by atoms with van der Waals surface area (Å²) in [7, 11) is 0. The van der Waals surface area contributed by atoms with Crippen molar-refractivity contribution in [3.63, 3.8) is 0 Å². The minimum atomic E-state index is -0.521. The van der Waals surface area contributed by atoms with Gasteiger partial charge in [0.05, 0.1) is 5.69 Å². The lowest BCUT2D eigenvalue weighted by atomic mass is 10.1. The van der Waals surface area contributed by atoms with Crippen molar-refractivity contribution >= 4 is 11.6 Å². The highest BCUT2D eigenvalue weighted by Gasteiger charge is 2.25. The molecule has 1 aliphatic heterocycles. The molecule has 0 radical (unpaired) electrons. The molecule has 1 aliphatic rings. The maximum Gasteiger partial charge on any atom is 0.222 e. The van der Waals surface area contributed by atoms with Gasteiger partial charge in [-0.05, 0) is 18.6 Å². The molecule has 1 aromatic carbocycles. The molecular weight excluding hydrogens is 245 g/mol. The number of amides is 1. The molecule has 1 amide bonds. The molecular formula is C14H16FN3O. The smallest absolute Gasteiger partial charge is 0.222 e. The van der Waals surface area contributed by atoms with E-state index in [2.05, 4.69) is 5.32 Å². The van der Waals surface area contributed by atoms with E-state index in [1.165, 1.54) is 6.07 Å². The molecule has 4 nitrogen and oxygen atoms in total. The molecule has 0 saturated carbocycles. The van der Waals surface area contributed by atoms with Gasteiger partial charge in [0.25, 0.3) is 0 Å². The van der Waals surface area contributed by atoms with E-state index >= 15 is 0 Å². The fourth-order valence-corrected chi connectivity index (χ4v) is 2.31. The number of likely N-dealkylation sites (tertiary alicyclic amines) is 1. The number of nitriles is 1. The van der Waals surface area contributed by atoms with Gasteiger partial charge in [-0.25, -0.2) is 4.39 Å². The van der Waals surface area contributed by atoms with E-state index in [4.69, 9.17) is 5.26 Å². The van der Waals surface area contributed by atoms with E-state index in [0.717, 1.165) is 6.42 Å². The van der Waals surface area contributed by atoms with Crippen LogP contribution in [0.4, 0.5) is 10.1 Å². The zero-order valence-electron chi connectivity index (χ0n) is 10.8. The third kappa shape index (κ3) is 2.84. The first-order valence-corrected chi connectivity index (χ1v) is 6.38. The average molecular weight is 261 g/mol. The highest BCUT2D eigenvalue weighted by Crippen LogP contribution is 2.21. The van der Waals surface area contributed by atoms with E-state index in [1.807, 2.05) is 13.0 Å². The van der Waals surface area contributed by atoms with E-state index in [-0.39, 0.29) is 17.5 Å². The fourth-order valence-electron chi connectivity index (χ4n) is 2.31. The van der Waals surface area contributed by atoms with Crippen LogP contribution in [0.15, 0.2) is 18.2 Å². The van der Waals surface area contributed by atoms with Gasteiger partial charge >= 0.3 is 0 Å². The summed E-state index contributed by atoms with van der Waals surface area (Å²) in [5.41, 5.74) is 0.529. The van der Waals surface area contributed by atoms with Crippen molar-refractivity contribution in [3.05, 3.63) is 29.6 Å². The van der Waals surface area contributed by atoms with Crippen LogP contribution < -0.4 is 5.32 Å². The molecule has 0 aliphatic carbocycles. The van der Waals surface area contributed by atoms with Crippen LogP contribution in [-0.4, -0.2) is 29.9 Å². The zero-order chi connectivity index (χ0) is 13.8. The molecule has 1 N–H and O–H groups in total. The fraction of sp³-hybridized carbons (Fsp3) is 0.429. The molecule has 5 heteroatoms. The Morgan fingerprint density at radius 1 is 1.63 bits per heavy atom. The summed E-state index contributed by atoms with van der Waals surface area (Å²) in [6.45, 7) is 3.15. The van der Waals surface area contributed by atoms with Crippen molar-refractivity contribution in [2.24, 2.45) is 0 Å². The van der Waals surface area contributed by atoms with Crippen molar-refractivity contribution in [2.45, 2.75) is 25.8 Å². The summed E-state index contributed by atoms with van der Waals surface area (Å²) in [4.78, 5) is 13.4. The number of benzene rings is 1. The topological polar surface area (TPSA) is 56.1 Å². The molecule has 1 aromatic rings. The number of carbonyl (C=O) groups is 1. The van der Waals surface area contributed by atoms with Crippen LogP contribution in [0.1, 0.15) is 25.3 Å². The molecule has 1 unspecified atom stereocenters. The van der Waals surface area contributed by atoms with Crippen LogP contribution in [0.25, 0.3) is 0 Å². The van der Waals surface area contributed by atoms with Gasteiger partial charge in [-0.1, -0.05) is 13.0 Å². The summed E-state index contributed by atoms with van der Waals surface area (Å²) < 4.78 is 13.5. The zero-order valence-corrected chi connectivity index (χ0v) is 10.8. The Labute approximate surface area is 111 Å². The third-order valence-corrected chi connectivity index (χ3v) is 3.33. The standard InChI is InChI=1S/C14H16FN3O/c1-2-14(19)18-7-6-10(9-18)17-13-5-3-4-12(15)11(13)8-16/h3-5,10,17H,2,6-7,9H2,1H3. The number of carbonyl (C=O) groups excluding carboxylic acids is 1. The van der Waals surface area contributed by atoms with Gasteiger partial charge in [-0.15, -0.1) is 0 Å². The van der Waals surface area contributed by atoms with Crippen molar-refractivity contribution in [3.8, 4) is 6.07 Å². The average Bonchev–Trinajstić information content (AvgIpc) is 2.87. The molecule has 1 fully saturated rings. The second-order valence-electron chi connectivity index (χ2n) is 4.60. The lowest BCUT2D eigenvalue weighted by Gasteiger charge is -2.17. The first-order valence-electron chi connectivity index (χ1n) is 6.38. The first-order chi connectivity index (χ1) is 9.15. The van der Waals surface area contributed by atoms with E-state index in [1.54, 1.807) is 17.0 Å². The quantitative estimate of drug-likeness (QED) is 0.906. The molecule has 0 spiro atoms. The van der Waals surface area contributed by atoms with E-state index < -0.39 is 5.82 Å². The van der Waals surface area contributed by atoms with Gasteiger partial charge in [0.1, 0.15) is 17.4 Å². The lowest BCUT2D eigenvalue weighted by Crippen LogP contribution is -2.31. The summed E-state index contributed by atoms with van der Waals surface area (Å²) in [5.74, 6) is -0.393. The maximum absolute atomic E-state index is 13.5. The predicted octanol–water partition coefficient (Wildman–Crippen LogP) is 2.12. The number of nitrogens with zero attached hydrogens (tertiary/aromatic N) is 2. The summed E-state index contributed by atoms with van der Waals surface area (Å²) >= 11 is 0. The van der Waals surface area contributed by atoms with Crippen molar-refractivity contribution < 1.29 is 9.18 Å². The van der Waals surface area contributed by atoms with Gasteiger partial charge < -0.3 is 10.2 Å². The second-order valence-corrected chi connectivity index (χ2v) is 4.60. The number of hydrogen-bond acceptors (Lipinski definition) is 3. The molecule has 100 valence electrons. The summed E-state index contributed by atoms with van der Waals surface area (Å²) in [5, 5.41) is 12.1. The SMILES string of the molecule is CCC(=O)N1CCC(Nc2cccc(F)c2C#N)C1. The van der Waals surface area contributed by atoms with Gasteiger partial charge in [-0.2, -0.15) is 5.26 Å². The van der Waals surface area contributed by atoms with Gasteiger partial charge in [-0.3, -0.25) is 4.79 Å². The molecule has 0 aromatic heterocycles. The third-order valence-electron chi connectivity index (χ3n) is 3.33. The van der Waals surface area contributed by atoms with Gasteiger partial charge in [0.15, 0.2) is 0 Å². The minimum absolute atomic E-state index is 0.0303. The first kappa shape index (κ1) is 13.3.